The Morgan fingerprint density at radius 2 is 2.20 bits per heavy atom. The molecule has 1 amide bonds. The van der Waals surface area contributed by atoms with E-state index in [1.165, 1.54) is 6.07 Å². The van der Waals surface area contributed by atoms with Gasteiger partial charge in [-0.3, -0.25) is 4.79 Å². The van der Waals surface area contributed by atoms with Gasteiger partial charge >= 0.3 is 0 Å². The predicted octanol–water partition coefficient (Wildman–Crippen LogP) is 3.27. The van der Waals surface area contributed by atoms with Gasteiger partial charge in [0.1, 0.15) is 5.82 Å². The summed E-state index contributed by atoms with van der Waals surface area (Å²) in [6, 6.07) is 8.85. The van der Waals surface area contributed by atoms with Crippen molar-refractivity contribution in [1.29, 1.82) is 0 Å². The van der Waals surface area contributed by atoms with Gasteiger partial charge in [0.2, 0.25) is 5.91 Å². The summed E-state index contributed by atoms with van der Waals surface area (Å²) in [6.45, 7) is 2.49. The number of amides is 1. The van der Waals surface area contributed by atoms with Crippen LogP contribution in [-0.2, 0) is 11.3 Å². The van der Waals surface area contributed by atoms with E-state index in [4.69, 9.17) is 0 Å². The number of nitrogens with one attached hydrogen (secondary N) is 1. The molecule has 0 unspecified atom stereocenters. The summed E-state index contributed by atoms with van der Waals surface area (Å²) in [5.74, 6) is -0.405. The largest absolute Gasteiger partial charge is 0.374 e. The Morgan fingerprint density at radius 1 is 1.40 bits per heavy atom. The van der Waals surface area contributed by atoms with Gasteiger partial charge in [-0.05, 0) is 36.1 Å². The number of carbonyl (C=O) groups is 1. The van der Waals surface area contributed by atoms with Gasteiger partial charge in [-0.1, -0.05) is 12.1 Å². The smallest absolute Gasteiger partial charge is 0.241 e. The molecule has 2 rings (SSSR count). The number of aryl methyl sites for hydroxylation is 1. The maximum atomic E-state index is 13.6. The van der Waals surface area contributed by atoms with Crippen LogP contribution in [0.25, 0.3) is 0 Å². The Morgan fingerprint density at radius 3 is 2.85 bits per heavy atom. The van der Waals surface area contributed by atoms with Crippen molar-refractivity contribution in [2.75, 3.05) is 18.9 Å². The number of thiophene rings is 1. The molecule has 1 heterocycles. The first-order chi connectivity index (χ1) is 9.56. The second-order valence-corrected chi connectivity index (χ2v) is 5.70. The molecule has 5 heteroatoms. The van der Waals surface area contributed by atoms with Gasteiger partial charge in [0, 0.05) is 11.9 Å². The monoisotopic (exact) mass is 292 g/mol. The van der Waals surface area contributed by atoms with E-state index in [9.17, 15) is 9.18 Å². The van der Waals surface area contributed by atoms with E-state index in [0.29, 0.717) is 12.2 Å². The number of halogens is 1. The Hall–Kier alpha value is -1.88. The van der Waals surface area contributed by atoms with Crippen LogP contribution in [0.3, 0.4) is 0 Å². The first-order valence-electron chi connectivity index (χ1n) is 6.32. The topological polar surface area (TPSA) is 32.3 Å². The lowest BCUT2D eigenvalue weighted by Crippen LogP contribution is -2.31. The number of nitrogens with zero attached hydrogens (tertiary/aromatic N) is 1. The van der Waals surface area contributed by atoms with Crippen LogP contribution in [0.5, 0.6) is 0 Å². The van der Waals surface area contributed by atoms with Gasteiger partial charge in [-0.25, -0.2) is 4.39 Å². The number of carbonyl (C=O) groups excluding carboxylic acids is 1. The van der Waals surface area contributed by atoms with E-state index in [1.807, 2.05) is 30.5 Å². The summed E-state index contributed by atoms with van der Waals surface area (Å²) in [5, 5.41) is 4.82. The van der Waals surface area contributed by atoms with Gasteiger partial charge in [0.25, 0.3) is 0 Å². The third-order valence-electron chi connectivity index (χ3n) is 2.95. The van der Waals surface area contributed by atoms with Crippen molar-refractivity contribution in [1.82, 2.24) is 4.90 Å². The number of anilines is 1. The highest BCUT2D eigenvalue weighted by Gasteiger charge is 2.10. The number of rotatable bonds is 5. The molecule has 1 N–H and O–H groups in total. The average molecular weight is 292 g/mol. The van der Waals surface area contributed by atoms with Gasteiger partial charge in [-0.15, -0.1) is 11.3 Å². The minimum Gasteiger partial charge on any atom is -0.374 e. The molecule has 0 spiro atoms. The number of hydrogen-bond donors (Lipinski definition) is 1. The zero-order chi connectivity index (χ0) is 14.5. The van der Waals surface area contributed by atoms with E-state index >= 15 is 0 Å². The van der Waals surface area contributed by atoms with Crippen molar-refractivity contribution in [3.63, 3.8) is 0 Å². The molecule has 1 aromatic heterocycles. The first-order valence-corrected chi connectivity index (χ1v) is 7.20. The Labute approximate surface area is 122 Å². The highest BCUT2D eigenvalue weighted by molar-refractivity contribution is 7.09. The van der Waals surface area contributed by atoms with Crippen molar-refractivity contribution in [3.8, 4) is 0 Å². The fourth-order valence-corrected chi connectivity index (χ4v) is 2.55. The normalized spacial score (nSPS) is 10.3. The molecule has 0 aliphatic rings. The van der Waals surface area contributed by atoms with E-state index in [-0.39, 0.29) is 18.3 Å². The molecule has 20 heavy (non-hydrogen) atoms. The highest BCUT2D eigenvalue weighted by atomic mass is 32.1. The summed E-state index contributed by atoms with van der Waals surface area (Å²) in [7, 11) is 1.75. The van der Waals surface area contributed by atoms with Crippen LogP contribution in [0.4, 0.5) is 10.1 Å². The second kappa shape index (κ2) is 6.52. The maximum absolute atomic E-state index is 13.6. The molecule has 0 aliphatic heterocycles. The van der Waals surface area contributed by atoms with Gasteiger partial charge in [0.05, 0.1) is 18.8 Å². The van der Waals surface area contributed by atoms with Crippen LogP contribution in [0.15, 0.2) is 35.7 Å². The predicted molar refractivity (Wildman–Crippen MR) is 80.4 cm³/mol. The van der Waals surface area contributed by atoms with Crippen molar-refractivity contribution in [2.45, 2.75) is 13.5 Å². The summed E-state index contributed by atoms with van der Waals surface area (Å²) >= 11 is 1.61. The van der Waals surface area contributed by atoms with Crippen molar-refractivity contribution >= 4 is 22.9 Å². The van der Waals surface area contributed by atoms with Crippen LogP contribution < -0.4 is 5.32 Å². The minimum atomic E-state index is -0.335. The SMILES string of the molecule is Cc1ccc(NCC(=O)N(C)Cc2cccs2)c(F)c1. The molecule has 106 valence electrons. The van der Waals surface area contributed by atoms with E-state index in [0.717, 1.165) is 10.4 Å². The van der Waals surface area contributed by atoms with Crippen LogP contribution in [0, 0.1) is 12.7 Å². The molecular formula is C15H17FN2OS. The molecular weight excluding hydrogens is 275 g/mol. The Balaban J connectivity index is 1.88. The third-order valence-corrected chi connectivity index (χ3v) is 3.81. The quantitative estimate of drug-likeness (QED) is 0.917. The molecule has 0 fully saturated rings. The van der Waals surface area contributed by atoms with Crippen molar-refractivity contribution in [2.24, 2.45) is 0 Å². The fourth-order valence-electron chi connectivity index (χ4n) is 1.79. The standard InChI is InChI=1S/C15H17FN2OS/c1-11-5-6-14(13(16)8-11)17-9-15(19)18(2)10-12-4-3-7-20-12/h3-8,17H,9-10H2,1-2H3. The number of hydrogen-bond acceptors (Lipinski definition) is 3. The van der Waals surface area contributed by atoms with Crippen LogP contribution in [0.2, 0.25) is 0 Å². The maximum Gasteiger partial charge on any atom is 0.241 e. The van der Waals surface area contributed by atoms with Crippen molar-refractivity contribution < 1.29 is 9.18 Å². The molecule has 0 radical (unpaired) electrons. The number of likely N-dealkylation sites (N-methyl/N-ethyl adjacent to an activating group) is 1. The second-order valence-electron chi connectivity index (χ2n) is 4.67. The molecule has 1 aromatic carbocycles. The molecule has 0 bridgehead atoms. The lowest BCUT2D eigenvalue weighted by Gasteiger charge is -2.17. The van der Waals surface area contributed by atoms with E-state index in [2.05, 4.69) is 5.32 Å². The van der Waals surface area contributed by atoms with Crippen LogP contribution in [-0.4, -0.2) is 24.4 Å². The van der Waals surface area contributed by atoms with Crippen LogP contribution >= 0.6 is 11.3 Å². The first kappa shape index (κ1) is 14.5. The number of benzene rings is 1. The summed E-state index contributed by atoms with van der Waals surface area (Å²) in [5.41, 5.74) is 1.21. The Kier molecular flexibility index (Phi) is 4.74. The molecule has 0 atom stereocenters. The Bertz CT molecular complexity index is 584. The molecule has 0 saturated heterocycles. The molecule has 3 nitrogen and oxygen atoms in total. The van der Waals surface area contributed by atoms with Gasteiger partial charge in [-0.2, -0.15) is 0 Å². The fraction of sp³-hybridized carbons (Fsp3) is 0.267. The minimum absolute atomic E-state index is 0.0709. The summed E-state index contributed by atoms with van der Waals surface area (Å²) in [4.78, 5) is 14.7. The van der Waals surface area contributed by atoms with E-state index < -0.39 is 0 Å². The van der Waals surface area contributed by atoms with Gasteiger partial charge in [0.15, 0.2) is 0 Å². The molecule has 2 aromatic rings. The van der Waals surface area contributed by atoms with Crippen LogP contribution in [0.1, 0.15) is 10.4 Å². The van der Waals surface area contributed by atoms with Gasteiger partial charge < -0.3 is 10.2 Å². The summed E-state index contributed by atoms with van der Waals surface area (Å²) in [6.07, 6.45) is 0. The third kappa shape index (κ3) is 3.81. The highest BCUT2D eigenvalue weighted by Crippen LogP contribution is 2.15. The summed E-state index contributed by atoms with van der Waals surface area (Å²) < 4.78 is 13.6. The molecule has 0 aliphatic carbocycles. The lowest BCUT2D eigenvalue weighted by atomic mass is 10.2. The molecule has 0 saturated carbocycles. The average Bonchev–Trinajstić information content (AvgIpc) is 2.90. The zero-order valence-corrected chi connectivity index (χ0v) is 12.3. The zero-order valence-electron chi connectivity index (χ0n) is 11.5. The lowest BCUT2D eigenvalue weighted by molar-refractivity contribution is -0.128. The van der Waals surface area contributed by atoms with E-state index in [1.54, 1.807) is 29.4 Å². The van der Waals surface area contributed by atoms with Crippen molar-refractivity contribution in [3.05, 3.63) is 52.0 Å².